The van der Waals surface area contributed by atoms with Crippen LogP contribution in [0.2, 0.25) is 10.0 Å². The summed E-state index contributed by atoms with van der Waals surface area (Å²) >= 11 is 11.8. The van der Waals surface area contributed by atoms with E-state index in [1.807, 2.05) is 0 Å². The van der Waals surface area contributed by atoms with Crippen LogP contribution in [0, 0.1) is 5.92 Å². The molecule has 0 atom stereocenters. The molecular weight excluding hydrogens is 269 g/mol. The van der Waals surface area contributed by atoms with E-state index in [1.54, 1.807) is 12.1 Å². The van der Waals surface area contributed by atoms with Gasteiger partial charge >= 0.3 is 0 Å². The second kappa shape index (κ2) is 6.65. The number of rotatable bonds is 4. The Balaban J connectivity index is 1.86. The van der Waals surface area contributed by atoms with Crippen LogP contribution in [-0.4, -0.2) is 11.7 Å². The Morgan fingerprint density at radius 3 is 2.61 bits per heavy atom. The molecule has 1 saturated carbocycles. The van der Waals surface area contributed by atoms with Crippen LogP contribution in [0.15, 0.2) is 12.1 Å². The predicted octanol–water partition coefficient (Wildman–Crippen LogP) is 4.37. The average molecular weight is 288 g/mol. The fraction of sp³-hybridized carbons (Fsp3) is 0.571. The maximum atomic E-state index is 9.83. The normalized spacial score (nSPS) is 17.0. The molecule has 1 aliphatic carbocycles. The Bertz CT molecular complexity index is 403. The Kier molecular flexibility index (Phi) is 5.16. The van der Waals surface area contributed by atoms with Gasteiger partial charge in [-0.1, -0.05) is 42.5 Å². The lowest BCUT2D eigenvalue weighted by atomic mass is 9.89. The summed E-state index contributed by atoms with van der Waals surface area (Å²) in [5.74, 6) is 0.910. The Morgan fingerprint density at radius 2 is 1.89 bits per heavy atom. The van der Waals surface area contributed by atoms with E-state index in [4.69, 9.17) is 23.2 Å². The molecule has 0 radical (unpaired) electrons. The van der Waals surface area contributed by atoms with Crippen molar-refractivity contribution in [2.75, 3.05) is 6.54 Å². The number of phenolic OH excluding ortho intramolecular Hbond substituents is 1. The molecule has 1 fully saturated rings. The molecule has 0 spiro atoms. The van der Waals surface area contributed by atoms with E-state index in [0.717, 1.165) is 18.0 Å². The van der Waals surface area contributed by atoms with Gasteiger partial charge in [-0.2, -0.15) is 0 Å². The van der Waals surface area contributed by atoms with Crippen LogP contribution >= 0.6 is 23.2 Å². The minimum Gasteiger partial charge on any atom is -0.506 e. The fourth-order valence-electron chi connectivity index (χ4n) is 2.56. The van der Waals surface area contributed by atoms with Crippen LogP contribution in [0.4, 0.5) is 0 Å². The molecule has 2 rings (SSSR count). The molecule has 0 unspecified atom stereocenters. The van der Waals surface area contributed by atoms with E-state index in [2.05, 4.69) is 5.32 Å². The first-order valence-electron chi connectivity index (χ1n) is 6.54. The Labute approximate surface area is 118 Å². The monoisotopic (exact) mass is 287 g/mol. The molecule has 4 heteroatoms. The van der Waals surface area contributed by atoms with Crippen molar-refractivity contribution < 1.29 is 5.11 Å². The number of benzene rings is 1. The zero-order valence-electron chi connectivity index (χ0n) is 10.4. The zero-order valence-corrected chi connectivity index (χ0v) is 11.9. The number of halogens is 2. The number of phenols is 1. The third-order valence-corrected chi connectivity index (χ3v) is 4.09. The molecule has 1 aromatic carbocycles. The summed E-state index contributed by atoms with van der Waals surface area (Å²) in [6.45, 7) is 1.62. The van der Waals surface area contributed by atoms with Gasteiger partial charge in [0.2, 0.25) is 0 Å². The summed E-state index contributed by atoms with van der Waals surface area (Å²) in [6, 6.07) is 3.32. The van der Waals surface area contributed by atoms with Crippen LogP contribution in [0.1, 0.15) is 37.7 Å². The SMILES string of the molecule is Oc1c(Cl)cc(Cl)cc1CNCC1CCCCC1. The minimum atomic E-state index is 0.136. The highest BCUT2D eigenvalue weighted by Gasteiger charge is 2.13. The third kappa shape index (κ3) is 3.78. The highest BCUT2D eigenvalue weighted by molar-refractivity contribution is 6.35. The van der Waals surface area contributed by atoms with Gasteiger partial charge in [0.05, 0.1) is 5.02 Å². The highest BCUT2D eigenvalue weighted by Crippen LogP contribution is 2.31. The van der Waals surface area contributed by atoms with Crippen molar-refractivity contribution in [1.29, 1.82) is 0 Å². The van der Waals surface area contributed by atoms with Gasteiger partial charge in [-0.15, -0.1) is 0 Å². The minimum absolute atomic E-state index is 0.136. The molecule has 2 N–H and O–H groups in total. The average Bonchev–Trinajstić information content (AvgIpc) is 2.36. The van der Waals surface area contributed by atoms with Crippen molar-refractivity contribution in [3.05, 3.63) is 27.7 Å². The molecule has 2 nitrogen and oxygen atoms in total. The lowest BCUT2D eigenvalue weighted by Crippen LogP contribution is -2.24. The van der Waals surface area contributed by atoms with Crippen molar-refractivity contribution in [2.24, 2.45) is 5.92 Å². The summed E-state index contributed by atoms with van der Waals surface area (Å²) in [7, 11) is 0. The topological polar surface area (TPSA) is 32.3 Å². The number of aromatic hydroxyl groups is 1. The van der Waals surface area contributed by atoms with E-state index >= 15 is 0 Å². The van der Waals surface area contributed by atoms with Crippen LogP contribution in [0.25, 0.3) is 0 Å². The molecule has 100 valence electrons. The summed E-state index contributed by atoms with van der Waals surface area (Å²) < 4.78 is 0. The lowest BCUT2D eigenvalue weighted by Gasteiger charge is -2.22. The second-order valence-corrected chi connectivity index (χ2v) is 5.87. The number of hydrogen-bond acceptors (Lipinski definition) is 2. The van der Waals surface area contributed by atoms with Gasteiger partial charge in [-0.05, 0) is 37.4 Å². The molecule has 0 bridgehead atoms. The van der Waals surface area contributed by atoms with Crippen LogP contribution in [0.3, 0.4) is 0 Å². The van der Waals surface area contributed by atoms with Crippen molar-refractivity contribution in [1.82, 2.24) is 5.32 Å². The first-order chi connectivity index (χ1) is 8.66. The fourth-order valence-corrected chi connectivity index (χ4v) is 3.09. The molecule has 18 heavy (non-hydrogen) atoms. The molecule has 1 aromatic rings. The van der Waals surface area contributed by atoms with Gasteiger partial charge in [0, 0.05) is 17.1 Å². The maximum Gasteiger partial charge on any atom is 0.138 e. The second-order valence-electron chi connectivity index (χ2n) is 5.03. The van der Waals surface area contributed by atoms with Gasteiger partial charge in [-0.3, -0.25) is 0 Å². The smallest absolute Gasteiger partial charge is 0.138 e. The van der Waals surface area contributed by atoms with Gasteiger partial charge < -0.3 is 10.4 Å². The van der Waals surface area contributed by atoms with E-state index in [1.165, 1.54) is 32.1 Å². The van der Waals surface area contributed by atoms with E-state index in [0.29, 0.717) is 16.6 Å². The molecule has 0 heterocycles. The van der Waals surface area contributed by atoms with Gasteiger partial charge in [0.15, 0.2) is 0 Å². The van der Waals surface area contributed by atoms with Crippen molar-refractivity contribution >= 4 is 23.2 Å². The summed E-state index contributed by atoms with van der Waals surface area (Å²) in [5.41, 5.74) is 0.767. The molecular formula is C14H19Cl2NO. The summed E-state index contributed by atoms with van der Waals surface area (Å²) in [5, 5.41) is 14.1. The van der Waals surface area contributed by atoms with E-state index < -0.39 is 0 Å². The number of nitrogens with one attached hydrogen (secondary N) is 1. The van der Waals surface area contributed by atoms with E-state index in [-0.39, 0.29) is 5.75 Å². The van der Waals surface area contributed by atoms with Crippen LogP contribution in [0.5, 0.6) is 5.75 Å². The van der Waals surface area contributed by atoms with Gasteiger partial charge in [0.25, 0.3) is 0 Å². The van der Waals surface area contributed by atoms with Gasteiger partial charge in [-0.25, -0.2) is 0 Å². The molecule has 0 amide bonds. The quantitative estimate of drug-likeness (QED) is 0.862. The molecule has 0 aromatic heterocycles. The summed E-state index contributed by atoms with van der Waals surface area (Å²) in [4.78, 5) is 0. The number of hydrogen-bond donors (Lipinski definition) is 2. The van der Waals surface area contributed by atoms with Crippen LogP contribution in [-0.2, 0) is 6.54 Å². The zero-order chi connectivity index (χ0) is 13.0. The van der Waals surface area contributed by atoms with Gasteiger partial charge in [0.1, 0.15) is 5.75 Å². The first-order valence-corrected chi connectivity index (χ1v) is 7.30. The first kappa shape index (κ1) is 14.0. The molecule has 0 saturated heterocycles. The highest BCUT2D eigenvalue weighted by atomic mass is 35.5. The van der Waals surface area contributed by atoms with Crippen molar-refractivity contribution in [3.63, 3.8) is 0 Å². The predicted molar refractivity (Wildman–Crippen MR) is 76.4 cm³/mol. The standard InChI is InChI=1S/C14H19Cl2NO/c15-12-6-11(14(18)13(16)7-12)9-17-8-10-4-2-1-3-5-10/h6-7,10,17-18H,1-5,8-9H2. The largest absolute Gasteiger partial charge is 0.506 e. The Morgan fingerprint density at radius 1 is 1.17 bits per heavy atom. The maximum absolute atomic E-state index is 9.83. The molecule has 0 aliphatic heterocycles. The van der Waals surface area contributed by atoms with Crippen molar-refractivity contribution in [2.45, 2.75) is 38.6 Å². The summed E-state index contributed by atoms with van der Waals surface area (Å²) in [6.07, 6.45) is 6.70. The lowest BCUT2D eigenvalue weighted by molar-refractivity contribution is 0.341. The molecule has 1 aliphatic rings. The van der Waals surface area contributed by atoms with E-state index in [9.17, 15) is 5.11 Å². The Hall–Kier alpha value is -0.440. The third-order valence-electron chi connectivity index (χ3n) is 3.58. The van der Waals surface area contributed by atoms with Crippen molar-refractivity contribution in [3.8, 4) is 5.75 Å². The van der Waals surface area contributed by atoms with Crippen LogP contribution < -0.4 is 5.32 Å².